The Morgan fingerprint density at radius 3 is 2.48 bits per heavy atom. The number of dihydropyridines is 1. The van der Waals surface area contributed by atoms with E-state index in [1.807, 2.05) is 32.0 Å². The fourth-order valence-corrected chi connectivity index (χ4v) is 2.17. The average Bonchev–Trinajstić information content (AvgIpc) is 2.65. The van der Waals surface area contributed by atoms with Crippen LogP contribution < -0.4 is 10.6 Å². The Balaban J connectivity index is 0.000000567. The summed E-state index contributed by atoms with van der Waals surface area (Å²) in [5.41, 5.74) is 3.34. The first-order valence-corrected chi connectivity index (χ1v) is 8.98. The number of aliphatic hydroxyl groups excluding tert-OH is 1. The average molecular weight is 363 g/mol. The van der Waals surface area contributed by atoms with Crippen LogP contribution in [-0.2, 0) is 6.54 Å². The minimum absolute atomic E-state index is 0.0889. The maximum Gasteiger partial charge on any atom is 0.156 e. The summed E-state index contributed by atoms with van der Waals surface area (Å²) in [6.07, 6.45) is 6.30. The maximum atomic E-state index is 9.84. The number of fused-ring (bicyclic) bond motifs is 1. The number of hydrogen-bond donors (Lipinski definition) is 3. The van der Waals surface area contributed by atoms with Gasteiger partial charge in [-0.1, -0.05) is 51.8 Å². The van der Waals surface area contributed by atoms with Crippen LogP contribution in [0.25, 0.3) is 11.0 Å². The van der Waals surface area contributed by atoms with Crippen LogP contribution in [0.2, 0.25) is 0 Å². The predicted molar refractivity (Wildman–Crippen MR) is 105 cm³/mol. The van der Waals surface area contributed by atoms with E-state index in [1.165, 1.54) is 6.42 Å². The summed E-state index contributed by atoms with van der Waals surface area (Å²) in [6, 6.07) is 5.87. The lowest BCUT2D eigenvalue weighted by atomic mass is 10.2. The first-order valence-electron chi connectivity index (χ1n) is 8.60. The molecule has 1 aliphatic heterocycles. The highest BCUT2D eigenvalue weighted by molar-refractivity contribution is 6.30. The van der Waals surface area contributed by atoms with Gasteiger partial charge in [0.05, 0.1) is 28.3 Å². The number of rotatable bonds is 3. The minimum atomic E-state index is 0.0889. The van der Waals surface area contributed by atoms with E-state index in [1.54, 1.807) is 18.6 Å². The van der Waals surface area contributed by atoms with Crippen LogP contribution in [0.15, 0.2) is 53.3 Å². The zero-order valence-corrected chi connectivity index (χ0v) is 16.1. The van der Waals surface area contributed by atoms with E-state index in [2.05, 4.69) is 34.4 Å². The summed E-state index contributed by atoms with van der Waals surface area (Å²) in [5.74, 6) is 0.0889. The Kier molecular flexibility index (Phi) is 9.40. The van der Waals surface area contributed by atoms with Gasteiger partial charge in [0.2, 0.25) is 0 Å². The lowest BCUT2D eigenvalue weighted by Crippen LogP contribution is -2.24. The van der Waals surface area contributed by atoms with Crippen molar-refractivity contribution in [2.75, 3.05) is 6.54 Å². The van der Waals surface area contributed by atoms with Crippen LogP contribution in [0.3, 0.4) is 0 Å². The molecule has 0 amide bonds. The van der Waals surface area contributed by atoms with Gasteiger partial charge in [-0.2, -0.15) is 0 Å². The third kappa shape index (κ3) is 6.27. The van der Waals surface area contributed by atoms with Gasteiger partial charge >= 0.3 is 0 Å². The molecule has 0 saturated carbocycles. The summed E-state index contributed by atoms with van der Waals surface area (Å²) >= 11 is 5.89. The lowest BCUT2D eigenvalue weighted by Gasteiger charge is -2.17. The molecule has 2 aromatic rings. The molecule has 2 heterocycles. The summed E-state index contributed by atoms with van der Waals surface area (Å²) in [6.45, 7) is 9.26. The van der Waals surface area contributed by atoms with Crippen molar-refractivity contribution in [1.82, 2.24) is 20.6 Å². The van der Waals surface area contributed by atoms with E-state index in [0.717, 1.165) is 16.6 Å². The quantitative estimate of drug-likeness (QED) is 0.743. The first kappa shape index (κ1) is 20.8. The van der Waals surface area contributed by atoms with E-state index < -0.39 is 0 Å². The smallest absolute Gasteiger partial charge is 0.156 e. The highest BCUT2D eigenvalue weighted by atomic mass is 35.5. The molecule has 136 valence electrons. The number of aliphatic hydroxyl groups is 1. The van der Waals surface area contributed by atoms with Gasteiger partial charge in [-0.05, 0) is 17.7 Å². The molecule has 0 unspecified atom stereocenters. The molecule has 0 spiro atoms. The first-order chi connectivity index (χ1) is 12.2. The van der Waals surface area contributed by atoms with E-state index in [-0.39, 0.29) is 5.76 Å². The van der Waals surface area contributed by atoms with Crippen molar-refractivity contribution < 1.29 is 5.11 Å². The summed E-state index contributed by atoms with van der Waals surface area (Å²) in [7, 11) is 0. The molecular weight excluding hydrogens is 336 g/mol. The molecule has 0 radical (unpaired) electrons. The summed E-state index contributed by atoms with van der Waals surface area (Å²) < 4.78 is 0. The van der Waals surface area contributed by atoms with Gasteiger partial charge in [0.25, 0.3) is 0 Å². The Hall–Kier alpha value is -2.27. The second kappa shape index (κ2) is 11.3. The molecule has 1 aliphatic rings. The molecule has 0 saturated heterocycles. The molecule has 1 aromatic carbocycles. The third-order valence-electron chi connectivity index (χ3n) is 3.03. The number of aromatic nitrogens is 2. The molecular formula is C19H27ClN4O. The molecule has 5 nitrogen and oxygen atoms in total. The van der Waals surface area contributed by atoms with E-state index in [4.69, 9.17) is 11.6 Å². The summed E-state index contributed by atoms with van der Waals surface area (Å²) in [5, 5.41) is 16.4. The third-order valence-corrected chi connectivity index (χ3v) is 3.35. The molecule has 0 bridgehead atoms. The van der Waals surface area contributed by atoms with Gasteiger partial charge in [0, 0.05) is 25.1 Å². The number of benzene rings is 1. The van der Waals surface area contributed by atoms with Crippen LogP contribution in [0.4, 0.5) is 0 Å². The van der Waals surface area contributed by atoms with Crippen LogP contribution in [-0.4, -0.2) is 21.6 Å². The topological polar surface area (TPSA) is 70.1 Å². The van der Waals surface area contributed by atoms with E-state index in [9.17, 15) is 5.11 Å². The Morgan fingerprint density at radius 1 is 1.16 bits per heavy atom. The van der Waals surface area contributed by atoms with E-state index >= 15 is 0 Å². The van der Waals surface area contributed by atoms with Gasteiger partial charge in [-0.25, -0.2) is 0 Å². The normalized spacial score (nSPS) is 12.9. The number of nitrogens with one attached hydrogen (secondary N) is 2. The van der Waals surface area contributed by atoms with E-state index in [0.29, 0.717) is 23.8 Å². The van der Waals surface area contributed by atoms with Crippen molar-refractivity contribution in [2.24, 2.45) is 0 Å². The van der Waals surface area contributed by atoms with Crippen LogP contribution in [0.1, 0.15) is 39.7 Å². The van der Waals surface area contributed by atoms with Crippen molar-refractivity contribution in [3.63, 3.8) is 0 Å². The monoisotopic (exact) mass is 362 g/mol. The Bertz CT molecular complexity index is 728. The standard InChI is InChI=1S/C14H13ClN4O.C3H8.C2H6/c15-10-7-16-8-13(14(10)20)19-6-9-1-2-11-12(5-9)18-4-3-17-11;1-3-2;1-2/h1-5,8,16,19-20H,6-7H2;3H2,1-2H3;1-2H3. The fourth-order valence-electron chi connectivity index (χ4n) is 1.99. The van der Waals surface area contributed by atoms with Crippen LogP contribution in [0, 0.1) is 0 Å². The molecule has 3 N–H and O–H groups in total. The van der Waals surface area contributed by atoms with Gasteiger partial charge in [0.15, 0.2) is 5.76 Å². The molecule has 1 aromatic heterocycles. The molecule has 0 aliphatic carbocycles. The SMILES string of the molecule is CC.CCC.OC1=C(Cl)CNC=C1NCc1ccc2nccnc2c1. The minimum Gasteiger partial charge on any atom is -0.504 e. The predicted octanol–water partition coefficient (Wildman–Crippen LogP) is 4.61. The van der Waals surface area contributed by atoms with Crippen molar-refractivity contribution >= 4 is 22.6 Å². The molecule has 6 heteroatoms. The lowest BCUT2D eigenvalue weighted by molar-refractivity contribution is 0.404. The summed E-state index contributed by atoms with van der Waals surface area (Å²) in [4.78, 5) is 8.49. The zero-order valence-electron chi connectivity index (χ0n) is 15.3. The van der Waals surface area contributed by atoms with Gasteiger partial charge in [-0.15, -0.1) is 0 Å². The largest absolute Gasteiger partial charge is 0.504 e. The molecule has 25 heavy (non-hydrogen) atoms. The Morgan fingerprint density at radius 2 is 1.80 bits per heavy atom. The highest BCUT2D eigenvalue weighted by Crippen LogP contribution is 2.17. The zero-order chi connectivity index (χ0) is 18.7. The van der Waals surface area contributed by atoms with Crippen LogP contribution >= 0.6 is 11.6 Å². The fraction of sp³-hybridized carbons (Fsp3) is 0.368. The molecule has 3 rings (SSSR count). The van der Waals surface area contributed by atoms with Crippen molar-refractivity contribution in [3.05, 3.63) is 58.8 Å². The highest BCUT2D eigenvalue weighted by Gasteiger charge is 2.13. The number of nitrogens with zero attached hydrogens (tertiary/aromatic N) is 2. The van der Waals surface area contributed by atoms with Gasteiger partial charge in [-0.3, -0.25) is 9.97 Å². The molecule has 0 atom stereocenters. The van der Waals surface area contributed by atoms with Crippen LogP contribution in [0.5, 0.6) is 0 Å². The van der Waals surface area contributed by atoms with Crippen molar-refractivity contribution in [1.29, 1.82) is 0 Å². The second-order valence-electron chi connectivity index (χ2n) is 5.13. The number of halogens is 1. The van der Waals surface area contributed by atoms with Crippen molar-refractivity contribution in [2.45, 2.75) is 40.7 Å². The van der Waals surface area contributed by atoms with Crippen molar-refractivity contribution in [3.8, 4) is 0 Å². The second-order valence-corrected chi connectivity index (χ2v) is 5.59. The number of hydrogen-bond acceptors (Lipinski definition) is 5. The van der Waals surface area contributed by atoms with Gasteiger partial charge in [0.1, 0.15) is 0 Å². The molecule has 0 fully saturated rings. The Labute approximate surface area is 154 Å². The van der Waals surface area contributed by atoms with Gasteiger partial charge < -0.3 is 15.7 Å². The maximum absolute atomic E-state index is 9.84.